The summed E-state index contributed by atoms with van der Waals surface area (Å²) in [6.07, 6.45) is -4.74. The van der Waals surface area contributed by atoms with Gasteiger partial charge in [-0.3, -0.25) is 9.59 Å². The number of hydrogen-bond donors (Lipinski definition) is 1. The molecule has 0 aliphatic carbocycles. The SMILES string of the molecule is Cc1ccc(NC(=O)COC(=O)Cn2c(C(F)(F)F)nc3ccccc32)c(C)c1. The predicted molar refractivity (Wildman–Crippen MR) is 100 cm³/mol. The van der Waals surface area contributed by atoms with Crippen LogP contribution in [0.4, 0.5) is 18.9 Å². The van der Waals surface area contributed by atoms with Gasteiger partial charge in [0.2, 0.25) is 5.82 Å². The van der Waals surface area contributed by atoms with Crippen LogP contribution in [0.3, 0.4) is 0 Å². The smallest absolute Gasteiger partial charge is 0.449 e. The topological polar surface area (TPSA) is 73.2 Å². The van der Waals surface area contributed by atoms with Crippen LogP contribution >= 0.6 is 0 Å². The fourth-order valence-electron chi connectivity index (χ4n) is 2.91. The second-order valence-corrected chi connectivity index (χ2v) is 6.54. The minimum atomic E-state index is -4.74. The van der Waals surface area contributed by atoms with Gasteiger partial charge in [0, 0.05) is 5.69 Å². The van der Waals surface area contributed by atoms with Crippen molar-refractivity contribution in [1.29, 1.82) is 0 Å². The van der Waals surface area contributed by atoms with Crippen molar-refractivity contribution in [2.24, 2.45) is 0 Å². The second-order valence-electron chi connectivity index (χ2n) is 6.54. The molecule has 29 heavy (non-hydrogen) atoms. The molecule has 1 amide bonds. The third-order valence-corrected chi connectivity index (χ3v) is 4.22. The molecule has 0 saturated heterocycles. The number of alkyl halides is 3. The van der Waals surface area contributed by atoms with E-state index in [0.717, 1.165) is 15.7 Å². The fourth-order valence-corrected chi connectivity index (χ4v) is 2.91. The zero-order valence-electron chi connectivity index (χ0n) is 15.7. The summed E-state index contributed by atoms with van der Waals surface area (Å²) in [6.45, 7) is 2.40. The minimum absolute atomic E-state index is 0.111. The Morgan fingerprint density at radius 3 is 2.55 bits per heavy atom. The van der Waals surface area contributed by atoms with Gasteiger partial charge in [0.25, 0.3) is 5.91 Å². The number of carbonyl (C=O) groups excluding carboxylic acids is 2. The van der Waals surface area contributed by atoms with Crippen molar-refractivity contribution >= 4 is 28.6 Å². The van der Waals surface area contributed by atoms with Gasteiger partial charge in [0.05, 0.1) is 11.0 Å². The van der Waals surface area contributed by atoms with Crippen molar-refractivity contribution in [1.82, 2.24) is 9.55 Å². The number of esters is 1. The quantitative estimate of drug-likeness (QED) is 0.655. The maximum atomic E-state index is 13.3. The number of para-hydroxylation sites is 2. The number of imidazole rings is 1. The lowest BCUT2D eigenvalue weighted by atomic mass is 10.1. The highest BCUT2D eigenvalue weighted by molar-refractivity contribution is 5.93. The number of halogens is 3. The van der Waals surface area contributed by atoms with Gasteiger partial charge in [-0.25, -0.2) is 4.98 Å². The van der Waals surface area contributed by atoms with E-state index in [2.05, 4.69) is 10.3 Å². The first-order valence-corrected chi connectivity index (χ1v) is 8.70. The van der Waals surface area contributed by atoms with Crippen molar-refractivity contribution in [3.05, 3.63) is 59.4 Å². The number of ether oxygens (including phenoxy) is 1. The van der Waals surface area contributed by atoms with Gasteiger partial charge in [0.1, 0.15) is 6.54 Å². The highest BCUT2D eigenvalue weighted by Crippen LogP contribution is 2.31. The van der Waals surface area contributed by atoms with Gasteiger partial charge in [-0.05, 0) is 37.6 Å². The number of hydrogen-bond acceptors (Lipinski definition) is 4. The number of carbonyl (C=O) groups is 2. The standard InChI is InChI=1S/C20H18F3N3O3/c1-12-7-8-14(13(2)9-12)24-17(27)11-29-18(28)10-26-16-6-4-3-5-15(16)25-19(26)20(21,22)23/h3-9H,10-11H2,1-2H3,(H,24,27). The van der Waals surface area contributed by atoms with Gasteiger partial charge in [-0.2, -0.15) is 13.2 Å². The van der Waals surface area contributed by atoms with E-state index >= 15 is 0 Å². The number of aryl methyl sites for hydroxylation is 2. The summed E-state index contributed by atoms with van der Waals surface area (Å²) in [5, 5.41) is 2.60. The minimum Gasteiger partial charge on any atom is -0.454 e. The number of nitrogens with one attached hydrogen (secondary N) is 1. The van der Waals surface area contributed by atoms with Crippen molar-refractivity contribution in [2.75, 3.05) is 11.9 Å². The lowest BCUT2D eigenvalue weighted by Gasteiger charge is -2.12. The molecule has 0 unspecified atom stereocenters. The average molecular weight is 405 g/mol. The molecule has 3 rings (SSSR count). The van der Waals surface area contributed by atoms with Crippen LogP contribution in [0.5, 0.6) is 0 Å². The number of nitrogens with zero attached hydrogens (tertiary/aromatic N) is 2. The predicted octanol–water partition coefficient (Wildman–Crippen LogP) is 3.85. The monoisotopic (exact) mass is 405 g/mol. The Hall–Kier alpha value is -3.36. The van der Waals surface area contributed by atoms with E-state index in [0.29, 0.717) is 5.69 Å². The molecule has 3 aromatic rings. The molecule has 1 N–H and O–H groups in total. The number of benzene rings is 2. The van der Waals surface area contributed by atoms with Crippen LogP contribution in [0.15, 0.2) is 42.5 Å². The van der Waals surface area contributed by atoms with Crippen molar-refractivity contribution in [3.63, 3.8) is 0 Å². The summed E-state index contributed by atoms with van der Waals surface area (Å²) >= 11 is 0. The first-order valence-electron chi connectivity index (χ1n) is 8.70. The van der Waals surface area contributed by atoms with E-state index in [4.69, 9.17) is 4.74 Å². The van der Waals surface area contributed by atoms with E-state index in [1.54, 1.807) is 18.2 Å². The van der Waals surface area contributed by atoms with Crippen molar-refractivity contribution < 1.29 is 27.5 Å². The van der Waals surface area contributed by atoms with Crippen molar-refractivity contribution in [3.8, 4) is 0 Å². The Kier molecular flexibility index (Phi) is 5.58. The summed E-state index contributed by atoms with van der Waals surface area (Å²) in [5.74, 6) is -2.76. The van der Waals surface area contributed by atoms with Crippen LogP contribution in [-0.2, 0) is 27.0 Å². The van der Waals surface area contributed by atoms with Gasteiger partial charge in [0.15, 0.2) is 6.61 Å². The first-order chi connectivity index (χ1) is 13.6. The molecule has 0 spiro atoms. The number of fused-ring (bicyclic) bond motifs is 1. The Morgan fingerprint density at radius 2 is 1.86 bits per heavy atom. The normalized spacial score (nSPS) is 11.5. The molecule has 152 valence electrons. The third-order valence-electron chi connectivity index (χ3n) is 4.22. The van der Waals surface area contributed by atoms with E-state index in [1.165, 1.54) is 12.1 Å². The molecule has 0 radical (unpaired) electrons. The van der Waals surface area contributed by atoms with Gasteiger partial charge >= 0.3 is 12.1 Å². The van der Waals surface area contributed by atoms with Gasteiger partial charge in [-0.15, -0.1) is 0 Å². The van der Waals surface area contributed by atoms with E-state index < -0.39 is 37.0 Å². The largest absolute Gasteiger partial charge is 0.454 e. The summed E-state index contributed by atoms with van der Waals surface area (Å²) in [6, 6.07) is 11.4. The maximum Gasteiger partial charge on any atom is 0.449 e. The molecule has 1 aromatic heterocycles. The molecule has 0 aliphatic rings. The lowest BCUT2D eigenvalue weighted by Crippen LogP contribution is -2.25. The van der Waals surface area contributed by atoms with Crippen LogP contribution < -0.4 is 5.32 Å². The Balaban J connectivity index is 1.67. The van der Waals surface area contributed by atoms with Crippen LogP contribution in [0.1, 0.15) is 17.0 Å². The van der Waals surface area contributed by atoms with Gasteiger partial charge < -0.3 is 14.6 Å². The van der Waals surface area contributed by atoms with Crippen LogP contribution in [0, 0.1) is 13.8 Å². The highest BCUT2D eigenvalue weighted by atomic mass is 19.4. The molecule has 2 aromatic carbocycles. The molecule has 0 saturated carbocycles. The second kappa shape index (κ2) is 7.94. The summed E-state index contributed by atoms with van der Waals surface area (Å²) in [4.78, 5) is 27.6. The number of aromatic nitrogens is 2. The zero-order chi connectivity index (χ0) is 21.2. The first kappa shape index (κ1) is 20.4. The van der Waals surface area contributed by atoms with E-state index in [1.807, 2.05) is 26.0 Å². The van der Waals surface area contributed by atoms with E-state index in [-0.39, 0.29) is 11.0 Å². The maximum absolute atomic E-state index is 13.3. The van der Waals surface area contributed by atoms with Crippen molar-refractivity contribution in [2.45, 2.75) is 26.6 Å². The number of rotatable bonds is 5. The molecule has 0 fully saturated rings. The summed E-state index contributed by atoms with van der Waals surface area (Å²) in [7, 11) is 0. The highest BCUT2D eigenvalue weighted by Gasteiger charge is 2.38. The summed E-state index contributed by atoms with van der Waals surface area (Å²) in [5.41, 5.74) is 2.69. The molecule has 6 nitrogen and oxygen atoms in total. The van der Waals surface area contributed by atoms with E-state index in [9.17, 15) is 22.8 Å². The Morgan fingerprint density at radius 1 is 1.14 bits per heavy atom. The molecule has 0 atom stereocenters. The van der Waals surface area contributed by atoms with Crippen LogP contribution in [0.2, 0.25) is 0 Å². The van der Waals surface area contributed by atoms with Crippen LogP contribution in [0.25, 0.3) is 11.0 Å². The number of anilines is 1. The average Bonchev–Trinajstić information content (AvgIpc) is 3.01. The molecule has 0 bridgehead atoms. The van der Waals surface area contributed by atoms with Gasteiger partial charge in [-0.1, -0.05) is 29.8 Å². The molecule has 0 aliphatic heterocycles. The Bertz CT molecular complexity index is 1070. The molecule has 9 heteroatoms. The Labute approximate surface area is 164 Å². The molecular weight excluding hydrogens is 387 g/mol. The molecule has 1 heterocycles. The number of amides is 1. The van der Waals surface area contributed by atoms with Crippen LogP contribution in [-0.4, -0.2) is 28.0 Å². The fraction of sp³-hybridized carbons (Fsp3) is 0.250. The summed E-state index contributed by atoms with van der Waals surface area (Å²) < 4.78 is 45.4. The molecular formula is C20H18F3N3O3. The zero-order valence-corrected chi connectivity index (χ0v) is 15.7. The third kappa shape index (κ3) is 4.74. The lowest BCUT2D eigenvalue weighted by molar-refractivity contribution is -0.152.